The summed E-state index contributed by atoms with van der Waals surface area (Å²) >= 11 is 0. The number of hydrogen-bond donors (Lipinski definition) is 2. The molecule has 100 valence electrons. The van der Waals surface area contributed by atoms with Crippen molar-refractivity contribution in [2.75, 3.05) is 19.7 Å². The van der Waals surface area contributed by atoms with Crippen LogP contribution in [0.25, 0.3) is 6.08 Å². The molecule has 1 aromatic rings. The molecule has 2 nitrogen and oxygen atoms in total. The first kappa shape index (κ1) is 14.9. The maximum atomic E-state index is 9.34. The van der Waals surface area contributed by atoms with E-state index >= 15 is 0 Å². The van der Waals surface area contributed by atoms with Crippen molar-refractivity contribution in [1.29, 1.82) is 0 Å². The molecule has 2 heteroatoms. The Labute approximate surface area is 111 Å². The third-order valence-electron chi connectivity index (χ3n) is 2.95. The maximum Gasteiger partial charge on any atom is 0.0493 e. The van der Waals surface area contributed by atoms with E-state index in [1.165, 1.54) is 12.0 Å². The standard InChI is InChI=1S/C16H25NO/c1-2-12-17-13-6-9-16(14-18)11-10-15-7-4-3-5-8-15/h3-5,7-8,10-11,16-18H,2,6,9,12-14H2,1H3/b11-10+/t16-/m0/s1. The van der Waals surface area contributed by atoms with Crippen LogP contribution in [0.3, 0.4) is 0 Å². The van der Waals surface area contributed by atoms with Crippen molar-refractivity contribution in [2.24, 2.45) is 5.92 Å². The normalized spacial score (nSPS) is 13.0. The molecule has 1 rings (SSSR count). The van der Waals surface area contributed by atoms with Crippen LogP contribution in [0.2, 0.25) is 0 Å². The van der Waals surface area contributed by atoms with Gasteiger partial charge in [-0.3, -0.25) is 0 Å². The maximum absolute atomic E-state index is 9.34. The summed E-state index contributed by atoms with van der Waals surface area (Å²) in [7, 11) is 0. The van der Waals surface area contributed by atoms with Crippen LogP contribution >= 0.6 is 0 Å². The van der Waals surface area contributed by atoms with Crippen molar-refractivity contribution in [3.05, 3.63) is 42.0 Å². The number of benzene rings is 1. The van der Waals surface area contributed by atoms with Gasteiger partial charge in [-0.25, -0.2) is 0 Å². The molecule has 0 spiro atoms. The Morgan fingerprint density at radius 3 is 2.67 bits per heavy atom. The number of nitrogens with one attached hydrogen (secondary N) is 1. The van der Waals surface area contributed by atoms with Crippen LogP contribution in [-0.4, -0.2) is 24.8 Å². The van der Waals surface area contributed by atoms with Gasteiger partial charge in [0.2, 0.25) is 0 Å². The summed E-state index contributed by atoms with van der Waals surface area (Å²) < 4.78 is 0. The molecule has 18 heavy (non-hydrogen) atoms. The third-order valence-corrected chi connectivity index (χ3v) is 2.95. The zero-order valence-corrected chi connectivity index (χ0v) is 11.3. The fraction of sp³-hybridized carbons (Fsp3) is 0.500. The van der Waals surface area contributed by atoms with Crippen molar-refractivity contribution in [3.63, 3.8) is 0 Å². The number of rotatable bonds is 9. The summed E-state index contributed by atoms with van der Waals surface area (Å²) in [5.74, 6) is 0.272. The average molecular weight is 247 g/mol. The fourth-order valence-electron chi connectivity index (χ4n) is 1.85. The molecule has 2 N–H and O–H groups in total. The van der Waals surface area contributed by atoms with Crippen LogP contribution < -0.4 is 5.32 Å². The highest BCUT2D eigenvalue weighted by Crippen LogP contribution is 2.10. The third kappa shape index (κ3) is 6.58. The van der Waals surface area contributed by atoms with Gasteiger partial charge < -0.3 is 10.4 Å². The molecule has 0 aliphatic heterocycles. The lowest BCUT2D eigenvalue weighted by atomic mass is 10.0. The summed E-state index contributed by atoms with van der Waals surface area (Å²) in [5, 5.41) is 12.7. The lowest BCUT2D eigenvalue weighted by molar-refractivity contribution is 0.244. The van der Waals surface area contributed by atoms with Crippen molar-refractivity contribution in [3.8, 4) is 0 Å². The summed E-state index contributed by atoms with van der Waals surface area (Å²) in [4.78, 5) is 0. The van der Waals surface area contributed by atoms with Gasteiger partial charge in [-0.2, -0.15) is 0 Å². The Kier molecular flexibility index (Phi) is 8.19. The molecule has 0 aromatic heterocycles. The molecule has 0 aliphatic rings. The second-order valence-electron chi connectivity index (χ2n) is 4.60. The lowest BCUT2D eigenvalue weighted by Crippen LogP contribution is -2.17. The van der Waals surface area contributed by atoms with Gasteiger partial charge in [0.1, 0.15) is 0 Å². The molecular formula is C16H25NO. The van der Waals surface area contributed by atoms with Crippen LogP contribution in [0.5, 0.6) is 0 Å². The van der Waals surface area contributed by atoms with Gasteiger partial charge in [0, 0.05) is 12.5 Å². The zero-order valence-electron chi connectivity index (χ0n) is 11.3. The van der Waals surface area contributed by atoms with Gasteiger partial charge in [-0.05, 0) is 37.9 Å². The molecule has 0 fully saturated rings. The fourth-order valence-corrected chi connectivity index (χ4v) is 1.85. The van der Waals surface area contributed by atoms with E-state index in [1.807, 2.05) is 18.2 Å². The zero-order chi connectivity index (χ0) is 13.1. The van der Waals surface area contributed by atoms with Gasteiger partial charge in [0.15, 0.2) is 0 Å². The Morgan fingerprint density at radius 1 is 1.22 bits per heavy atom. The SMILES string of the molecule is CCCNCCC[C@@H](/C=C/c1ccccc1)CO. The van der Waals surface area contributed by atoms with Crippen LogP contribution in [0, 0.1) is 5.92 Å². The van der Waals surface area contributed by atoms with Crippen molar-refractivity contribution in [2.45, 2.75) is 26.2 Å². The molecule has 0 aliphatic carbocycles. The predicted octanol–water partition coefficient (Wildman–Crippen LogP) is 3.09. The summed E-state index contributed by atoms with van der Waals surface area (Å²) in [6.07, 6.45) is 7.55. The first-order chi connectivity index (χ1) is 8.86. The Hall–Kier alpha value is -1.12. The molecular weight excluding hydrogens is 222 g/mol. The molecule has 0 amide bonds. The highest BCUT2D eigenvalue weighted by molar-refractivity contribution is 5.48. The lowest BCUT2D eigenvalue weighted by Gasteiger charge is -2.09. The van der Waals surface area contributed by atoms with Crippen molar-refractivity contribution in [1.82, 2.24) is 5.32 Å². The van der Waals surface area contributed by atoms with Gasteiger partial charge >= 0.3 is 0 Å². The van der Waals surface area contributed by atoms with Crippen molar-refractivity contribution >= 4 is 6.08 Å². The monoisotopic (exact) mass is 247 g/mol. The Balaban J connectivity index is 2.27. The summed E-state index contributed by atoms with van der Waals surface area (Å²) in [6.45, 7) is 4.54. The largest absolute Gasteiger partial charge is 0.396 e. The van der Waals surface area contributed by atoms with E-state index in [9.17, 15) is 5.11 Å². The summed E-state index contributed by atoms with van der Waals surface area (Å²) in [5.41, 5.74) is 1.19. The molecule has 0 heterocycles. The number of aliphatic hydroxyl groups excluding tert-OH is 1. The van der Waals surface area contributed by atoms with E-state index in [0.29, 0.717) is 0 Å². The second-order valence-corrected chi connectivity index (χ2v) is 4.60. The first-order valence-electron chi connectivity index (χ1n) is 6.91. The molecule has 1 aromatic carbocycles. The highest BCUT2D eigenvalue weighted by atomic mass is 16.3. The van der Waals surface area contributed by atoms with Crippen LogP contribution in [0.1, 0.15) is 31.7 Å². The van der Waals surface area contributed by atoms with Gasteiger partial charge in [-0.15, -0.1) is 0 Å². The molecule has 0 saturated carbocycles. The quantitative estimate of drug-likeness (QED) is 0.657. The predicted molar refractivity (Wildman–Crippen MR) is 78.4 cm³/mol. The highest BCUT2D eigenvalue weighted by Gasteiger charge is 2.02. The number of hydrogen-bond acceptors (Lipinski definition) is 2. The Bertz CT molecular complexity index is 321. The van der Waals surface area contributed by atoms with Crippen LogP contribution in [-0.2, 0) is 0 Å². The van der Waals surface area contributed by atoms with E-state index in [1.54, 1.807) is 0 Å². The van der Waals surface area contributed by atoms with E-state index in [2.05, 4.69) is 36.5 Å². The Morgan fingerprint density at radius 2 is 2.00 bits per heavy atom. The van der Waals surface area contributed by atoms with E-state index in [4.69, 9.17) is 0 Å². The van der Waals surface area contributed by atoms with Crippen molar-refractivity contribution < 1.29 is 5.11 Å². The van der Waals surface area contributed by atoms with Gasteiger partial charge in [0.25, 0.3) is 0 Å². The average Bonchev–Trinajstić information content (AvgIpc) is 2.43. The van der Waals surface area contributed by atoms with Gasteiger partial charge in [-0.1, -0.05) is 49.4 Å². The van der Waals surface area contributed by atoms with E-state index < -0.39 is 0 Å². The van der Waals surface area contributed by atoms with E-state index in [0.717, 1.165) is 25.9 Å². The van der Waals surface area contributed by atoms with Crippen LogP contribution in [0.4, 0.5) is 0 Å². The molecule has 0 radical (unpaired) electrons. The molecule has 0 unspecified atom stereocenters. The minimum atomic E-state index is 0.233. The topological polar surface area (TPSA) is 32.3 Å². The number of aliphatic hydroxyl groups is 1. The smallest absolute Gasteiger partial charge is 0.0493 e. The minimum Gasteiger partial charge on any atom is -0.396 e. The first-order valence-corrected chi connectivity index (χ1v) is 6.91. The van der Waals surface area contributed by atoms with E-state index in [-0.39, 0.29) is 12.5 Å². The molecule has 0 bridgehead atoms. The minimum absolute atomic E-state index is 0.233. The molecule has 0 saturated heterocycles. The molecule has 1 atom stereocenters. The van der Waals surface area contributed by atoms with Crippen LogP contribution in [0.15, 0.2) is 36.4 Å². The van der Waals surface area contributed by atoms with Gasteiger partial charge in [0.05, 0.1) is 0 Å². The summed E-state index contributed by atoms with van der Waals surface area (Å²) in [6, 6.07) is 10.2. The second kappa shape index (κ2) is 9.86.